The first-order valence-electron chi connectivity index (χ1n) is 8.21. The fraction of sp³-hybridized carbons (Fsp3) is 0.412. The molecule has 0 spiro atoms. The molecule has 25 heavy (non-hydrogen) atoms. The van der Waals surface area contributed by atoms with Gasteiger partial charge in [0, 0.05) is 24.3 Å². The smallest absolute Gasteiger partial charge is 0.224 e. The first-order chi connectivity index (χ1) is 11.9. The number of nitrogens with one attached hydrogen (secondary N) is 2. The van der Waals surface area contributed by atoms with Crippen molar-refractivity contribution in [3.63, 3.8) is 0 Å². The van der Waals surface area contributed by atoms with Crippen molar-refractivity contribution in [2.45, 2.75) is 25.8 Å². The van der Waals surface area contributed by atoms with Gasteiger partial charge in [0.15, 0.2) is 9.84 Å². The van der Waals surface area contributed by atoms with Gasteiger partial charge in [-0.3, -0.25) is 0 Å². The third kappa shape index (κ3) is 4.88. The number of nitrogens with zero attached hydrogens (tertiary/aromatic N) is 2. The third-order valence-electron chi connectivity index (χ3n) is 4.07. The van der Waals surface area contributed by atoms with Crippen molar-refractivity contribution in [3.8, 4) is 0 Å². The molecule has 6 nitrogen and oxygen atoms in total. The maximum atomic E-state index is 13.6. The number of hydrogen-bond donors (Lipinski definition) is 2. The van der Waals surface area contributed by atoms with Gasteiger partial charge in [0.1, 0.15) is 11.6 Å². The molecule has 1 aliphatic rings. The molecule has 0 aliphatic carbocycles. The van der Waals surface area contributed by atoms with Gasteiger partial charge in [0.25, 0.3) is 0 Å². The summed E-state index contributed by atoms with van der Waals surface area (Å²) in [5.41, 5.74) is 1.41. The van der Waals surface area contributed by atoms with Crippen LogP contribution in [0.4, 0.5) is 16.2 Å². The summed E-state index contributed by atoms with van der Waals surface area (Å²) in [6.07, 6.45) is 1.11. The predicted molar refractivity (Wildman–Crippen MR) is 96.0 cm³/mol. The Kier molecular flexibility index (Phi) is 5.17. The fourth-order valence-electron chi connectivity index (χ4n) is 2.85. The van der Waals surface area contributed by atoms with Gasteiger partial charge in [-0.05, 0) is 31.4 Å². The van der Waals surface area contributed by atoms with Gasteiger partial charge < -0.3 is 10.6 Å². The molecule has 1 atom stereocenters. The van der Waals surface area contributed by atoms with Crippen molar-refractivity contribution < 1.29 is 12.8 Å². The second kappa shape index (κ2) is 7.35. The fourth-order valence-corrected chi connectivity index (χ4v) is 4.52. The molecule has 0 saturated carbocycles. The van der Waals surface area contributed by atoms with Gasteiger partial charge in [-0.25, -0.2) is 17.8 Å². The van der Waals surface area contributed by atoms with E-state index in [-0.39, 0.29) is 23.4 Å². The summed E-state index contributed by atoms with van der Waals surface area (Å²) in [6, 6.07) is 8.33. The van der Waals surface area contributed by atoms with E-state index in [0.29, 0.717) is 36.7 Å². The minimum atomic E-state index is -2.94. The Hall–Kier alpha value is -2.22. The van der Waals surface area contributed by atoms with Gasteiger partial charge in [-0.2, -0.15) is 4.98 Å². The molecule has 0 radical (unpaired) electrons. The Bertz CT molecular complexity index is 857. The van der Waals surface area contributed by atoms with Crippen LogP contribution in [0.5, 0.6) is 0 Å². The lowest BCUT2D eigenvalue weighted by molar-refractivity contribution is 0.602. The van der Waals surface area contributed by atoms with Crippen LogP contribution in [0.3, 0.4) is 0 Å². The minimum absolute atomic E-state index is 0.120. The summed E-state index contributed by atoms with van der Waals surface area (Å²) in [4.78, 5) is 8.69. The van der Waals surface area contributed by atoms with Crippen molar-refractivity contribution in [1.82, 2.24) is 9.97 Å². The van der Waals surface area contributed by atoms with Gasteiger partial charge in [0.05, 0.1) is 11.5 Å². The van der Waals surface area contributed by atoms with Crippen molar-refractivity contribution >= 4 is 21.6 Å². The third-order valence-corrected chi connectivity index (χ3v) is 5.84. The SMILES string of the molecule is Cc1cc(NC2CCS(=O)(=O)C2)nc(NCCc2ccccc2F)n1. The number of aromatic nitrogens is 2. The highest BCUT2D eigenvalue weighted by Crippen LogP contribution is 2.18. The van der Waals surface area contributed by atoms with Crippen LogP contribution in [0.15, 0.2) is 30.3 Å². The molecule has 0 amide bonds. The average Bonchev–Trinajstić information content (AvgIpc) is 2.87. The summed E-state index contributed by atoms with van der Waals surface area (Å²) >= 11 is 0. The Morgan fingerprint density at radius 3 is 2.80 bits per heavy atom. The normalized spacial score (nSPS) is 18.9. The largest absolute Gasteiger partial charge is 0.366 e. The minimum Gasteiger partial charge on any atom is -0.366 e. The van der Waals surface area contributed by atoms with E-state index in [1.807, 2.05) is 6.92 Å². The molecule has 8 heteroatoms. The topological polar surface area (TPSA) is 84.0 Å². The number of anilines is 2. The molecular weight excluding hydrogens is 343 g/mol. The molecule has 1 aromatic heterocycles. The molecule has 2 N–H and O–H groups in total. The zero-order valence-corrected chi connectivity index (χ0v) is 14.8. The van der Waals surface area contributed by atoms with Gasteiger partial charge in [-0.15, -0.1) is 0 Å². The highest BCUT2D eigenvalue weighted by atomic mass is 32.2. The molecule has 1 fully saturated rings. The molecular formula is C17H21FN4O2S. The Morgan fingerprint density at radius 1 is 1.28 bits per heavy atom. The second-order valence-electron chi connectivity index (χ2n) is 6.23. The van der Waals surface area contributed by atoms with E-state index in [9.17, 15) is 12.8 Å². The molecule has 1 aromatic carbocycles. The summed E-state index contributed by atoms with van der Waals surface area (Å²) < 4.78 is 36.7. The number of aryl methyl sites for hydroxylation is 1. The van der Waals surface area contributed by atoms with E-state index in [2.05, 4.69) is 20.6 Å². The van der Waals surface area contributed by atoms with E-state index in [1.54, 1.807) is 24.3 Å². The molecule has 2 aromatic rings. The van der Waals surface area contributed by atoms with Crippen LogP contribution < -0.4 is 10.6 Å². The predicted octanol–water partition coefficient (Wildman–Crippen LogP) is 2.18. The van der Waals surface area contributed by atoms with Crippen molar-refractivity contribution in [3.05, 3.63) is 47.4 Å². The van der Waals surface area contributed by atoms with Crippen LogP contribution in [0, 0.1) is 12.7 Å². The summed E-state index contributed by atoms with van der Waals surface area (Å²) in [7, 11) is -2.94. The number of rotatable bonds is 6. The standard InChI is InChI=1S/C17H21FN4O2S/c1-12-10-16(21-14-7-9-25(23,24)11-14)22-17(20-12)19-8-6-13-4-2-3-5-15(13)18/h2-5,10,14H,6-9,11H2,1H3,(H2,19,20,21,22). The van der Waals surface area contributed by atoms with E-state index in [4.69, 9.17) is 0 Å². The average molecular weight is 364 g/mol. The van der Waals surface area contributed by atoms with Gasteiger partial charge in [0.2, 0.25) is 5.95 Å². The van der Waals surface area contributed by atoms with Crippen LogP contribution in [0.2, 0.25) is 0 Å². The molecule has 1 unspecified atom stereocenters. The van der Waals surface area contributed by atoms with Crippen LogP contribution in [-0.4, -0.2) is 42.5 Å². The number of halogens is 1. The zero-order chi connectivity index (χ0) is 17.9. The highest BCUT2D eigenvalue weighted by molar-refractivity contribution is 7.91. The first kappa shape index (κ1) is 17.6. The molecule has 3 rings (SSSR count). The quantitative estimate of drug-likeness (QED) is 0.817. The molecule has 0 bridgehead atoms. The van der Waals surface area contributed by atoms with Gasteiger partial charge in [-0.1, -0.05) is 18.2 Å². The van der Waals surface area contributed by atoms with Crippen molar-refractivity contribution in [1.29, 1.82) is 0 Å². The van der Waals surface area contributed by atoms with Crippen LogP contribution in [0.1, 0.15) is 17.7 Å². The lowest BCUT2D eigenvalue weighted by Crippen LogP contribution is -2.22. The van der Waals surface area contributed by atoms with Crippen molar-refractivity contribution in [2.75, 3.05) is 28.7 Å². The first-order valence-corrected chi connectivity index (χ1v) is 10.0. The Morgan fingerprint density at radius 2 is 2.08 bits per heavy atom. The Balaban J connectivity index is 1.60. The number of benzene rings is 1. The van der Waals surface area contributed by atoms with Gasteiger partial charge >= 0.3 is 0 Å². The van der Waals surface area contributed by atoms with E-state index in [0.717, 1.165) is 5.69 Å². The summed E-state index contributed by atoms with van der Waals surface area (Å²) in [5.74, 6) is 1.16. The zero-order valence-electron chi connectivity index (χ0n) is 14.0. The van der Waals surface area contributed by atoms with Crippen molar-refractivity contribution in [2.24, 2.45) is 0 Å². The summed E-state index contributed by atoms with van der Waals surface area (Å²) in [6.45, 7) is 2.35. The summed E-state index contributed by atoms with van der Waals surface area (Å²) in [5, 5.41) is 6.26. The molecule has 1 saturated heterocycles. The molecule has 134 valence electrons. The van der Waals surface area contributed by atoms with E-state index >= 15 is 0 Å². The van der Waals surface area contributed by atoms with Crippen LogP contribution >= 0.6 is 0 Å². The monoisotopic (exact) mass is 364 g/mol. The maximum absolute atomic E-state index is 13.6. The molecule has 1 aliphatic heterocycles. The highest BCUT2D eigenvalue weighted by Gasteiger charge is 2.28. The van der Waals surface area contributed by atoms with Crippen LogP contribution in [0.25, 0.3) is 0 Å². The van der Waals surface area contributed by atoms with Crippen LogP contribution in [-0.2, 0) is 16.3 Å². The van der Waals surface area contributed by atoms with E-state index < -0.39 is 9.84 Å². The lowest BCUT2D eigenvalue weighted by Gasteiger charge is -2.13. The Labute approximate surface area is 146 Å². The lowest BCUT2D eigenvalue weighted by atomic mass is 10.1. The number of sulfone groups is 1. The maximum Gasteiger partial charge on any atom is 0.224 e. The second-order valence-corrected chi connectivity index (χ2v) is 8.46. The van der Waals surface area contributed by atoms with E-state index in [1.165, 1.54) is 6.07 Å². The molecule has 2 heterocycles. The number of hydrogen-bond acceptors (Lipinski definition) is 6.